The molecule has 13 heavy (non-hydrogen) atoms. The van der Waals surface area contributed by atoms with Crippen LogP contribution in [0.5, 0.6) is 0 Å². The van der Waals surface area contributed by atoms with Gasteiger partial charge in [0.25, 0.3) is 0 Å². The van der Waals surface area contributed by atoms with Gasteiger partial charge >= 0.3 is 20.6 Å². The molecular weight excluding hydrogens is 224 g/mol. The summed E-state index contributed by atoms with van der Waals surface area (Å²) in [5.41, 5.74) is 0. The molecule has 0 aromatic rings. The smallest absolute Gasteiger partial charge is 0.269 e. The summed E-state index contributed by atoms with van der Waals surface area (Å²) in [7, 11) is -8.93. The van der Waals surface area contributed by atoms with Crippen LogP contribution in [0.1, 0.15) is 0 Å². The first kappa shape index (κ1) is 10.2. The van der Waals surface area contributed by atoms with E-state index in [-0.39, 0.29) is 0 Å². The summed E-state index contributed by atoms with van der Waals surface area (Å²) in [6, 6.07) is 0. The summed E-state index contributed by atoms with van der Waals surface area (Å²) >= 11 is 0. The van der Waals surface area contributed by atoms with E-state index in [0.717, 1.165) is 12.4 Å². The van der Waals surface area contributed by atoms with Crippen molar-refractivity contribution in [2.45, 2.75) is 0 Å². The highest BCUT2D eigenvalue weighted by atomic mass is 32.2. The molecule has 0 amide bonds. The van der Waals surface area contributed by atoms with Gasteiger partial charge < -0.3 is 0 Å². The van der Waals surface area contributed by atoms with E-state index in [1.54, 1.807) is 0 Å². The molecule has 0 fully saturated rings. The zero-order valence-electron chi connectivity index (χ0n) is 6.10. The Morgan fingerprint density at radius 1 is 0.923 bits per heavy atom. The second-order valence-corrected chi connectivity index (χ2v) is 4.90. The maximum Gasteiger partial charge on any atom is 0.361 e. The van der Waals surface area contributed by atoms with Crippen LogP contribution < -0.4 is 0 Å². The number of hydrogen-bond acceptors (Lipinski definition) is 4. The molecule has 0 saturated heterocycles. The van der Waals surface area contributed by atoms with E-state index in [9.17, 15) is 16.8 Å². The Kier molecular flexibility index (Phi) is 2.23. The molecule has 0 atom stereocenters. The molecule has 0 spiro atoms. The summed E-state index contributed by atoms with van der Waals surface area (Å²) in [5, 5.41) is 0. The minimum Gasteiger partial charge on any atom is -0.269 e. The van der Waals surface area contributed by atoms with Crippen LogP contribution in [0.3, 0.4) is 0 Å². The second-order valence-electron chi connectivity index (χ2n) is 2.17. The Hall–Kier alpha value is -0.840. The molecule has 10 heteroatoms. The Morgan fingerprint density at radius 3 is 1.38 bits per heavy atom. The van der Waals surface area contributed by atoms with Gasteiger partial charge in [-0.15, -0.1) is 0 Å². The van der Waals surface area contributed by atoms with Crippen molar-refractivity contribution in [2.75, 3.05) is 6.67 Å². The van der Waals surface area contributed by atoms with Crippen molar-refractivity contribution in [1.82, 2.24) is 8.61 Å². The van der Waals surface area contributed by atoms with Gasteiger partial charge in [-0.1, -0.05) is 0 Å². The predicted molar refractivity (Wildman–Crippen MR) is 40.8 cm³/mol. The van der Waals surface area contributed by atoms with Crippen molar-refractivity contribution in [1.29, 1.82) is 0 Å². The summed E-state index contributed by atoms with van der Waals surface area (Å²) in [4.78, 5) is 0. The minimum atomic E-state index is -4.47. The van der Waals surface area contributed by atoms with Crippen molar-refractivity contribution in [3.8, 4) is 0 Å². The highest BCUT2D eigenvalue weighted by Gasteiger charge is 2.27. The van der Waals surface area contributed by atoms with Crippen molar-refractivity contribution in [3.63, 3.8) is 0 Å². The highest BCUT2D eigenvalue weighted by Crippen LogP contribution is 2.12. The first-order valence-electron chi connectivity index (χ1n) is 2.88. The van der Waals surface area contributed by atoms with Gasteiger partial charge in [0.15, 0.2) is 0 Å². The van der Waals surface area contributed by atoms with Crippen molar-refractivity contribution < 1.29 is 25.9 Å². The molecule has 0 aromatic carbocycles. The van der Waals surface area contributed by atoms with E-state index in [0.29, 0.717) is 8.61 Å². The van der Waals surface area contributed by atoms with Gasteiger partial charge in [0.2, 0.25) is 0 Å². The Balaban J connectivity index is 2.86. The molecule has 76 valence electrons. The van der Waals surface area contributed by atoms with Crippen molar-refractivity contribution >= 4 is 20.6 Å². The summed E-state index contributed by atoms with van der Waals surface area (Å²) in [5.74, 6) is 0. The fourth-order valence-corrected chi connectivity index (χ4v) is 1.71. The molecule has 8 nitrogen and oxygen atoms in total. The van der Waals surface area contributed by atoms with Crippen LogP contribution in [-0.4, -0.2) is 41.2 Å². The first-order valence-corrected chi connectivity index (χ1v) is 5.67. The zero-order chi connectivity index (χ0) is 10.3. The maximum absolute atomic E-state index is 10.4. The standard InChI is InChI=1S/C3H6N2O6S2/c6-12(7,8)4-1-2-5(3-4)13(9,10)11/h1-2H,3H2,(H,6,7,8)(H,9,10,11). The fraction of sp³-hybridized carbons (Fsp3) is 0.333. The molecule has 0 saturated carbocycles. The van der Waals surface area contributed by atoms with Crippen LogP contribution in [0, 0.1) is 0 Å². The molecule has 1 aliphatic heterocycles. The van der Waals surface area contributed by atoms with Crippen molar-refractivity contribution in [3.05, 3.63) is 12.4 Å². The normalized spacial score (nSPS) is 18.3. The average molecular weight is 230 g/mol. The fourth-order valence-electron chi connectivity index (χ4n) is 0.680. The van der Waals surface area contributed by atoms with Crippen LogP contribution in [-0.2, 0) is 20.6 Å². The van der Waals surface area contributed by atoms with Gasteiger partial charge in [-0.25, -0.2) is 8.61 Å². The van der Waals surface area contributed by atoms with Gasteiger partial charge in [-0.05, 0) is 0 Å². The monoisotopic (exact) mass is 230 g/mol. The van der Waals surface area contributed by atoms with Gasteiger partial charge in [0.1, 0.15) is 6.67 Å². The molecule has 2 N–H and O–H groups in total. The van der Waals surface area contributed by atoms with Gasteiger partial charge in [-0.3, -0.25) is 9.11 Å². The van der Waals surface area contributed by atoms with Gasteiger partial charge in [0.05, 0.1) is 0 Å². The molecule has 0 aromatic heterocycles. The lowest BCUT2D eigenvalue weighted by atomic mass is 11.0. The van der Waals surface area contributed by atoms with E-state index in [1.165, 1.54) is 0 Å². The van der Waals surface area contributed by atoms with Crippen LogP contribution >= 0.6 is 0 Å². The Labute approximate surface area is 74.8 Å². The third kappa shape index (κ3) is 2.30. The zero-order valence-corrected chi connectivity index (χ0v) is 7.73. The topological polar surface area (TPSA) is 115 Å². The van der Waals surface area contributed by atoms with Gasteiger partial charge in [0, 0.05) is 12.4 Å². The van der Waals surface area contributed by atoms with Crippen LogP contribution in [0.4, 0.5) is 0 Å². The lowest BCUT2D eigenvalue weighted by Crippen LogP contribution is -2.32. The summed E-state index contributed by atoms with van der Waals surface area (Å²) < 4.78 is 59.3. The van der Waals surface area contributed by atoms with E-state index < -0.39 is 27.3 Å². The number of nitrogens with zero attached hydrogens (tertiary/aromatic N) is 2. The van der Waals surface area contributed by atoms with E-state index in [2.05, 4.69) is 0 Å². The quantitative estimate of drug-likeness (QED) is 0.566. The molecule has 1 aliphatic rings. The molecule has 1 heterocycles. The second kappa shape index (κ2) is 2.83. The van der Waals surface area contributed by atoms with E-state index in [4.69, 9.17) is 9.11 Å². The third-order valence-electron chi connectivity index (χ3n) is 1.27. The molecule has 0 radical (unpaired) electrons. The SMILES string of the molecule is O=S(=O)(O)N1C=CN(S(=O)(=O)O)C1. The van der Waals surface area contributed by atoms with Gasteiger partial charge in [-0.2, -0.15) is 16.8 Å². The highest BCUT2D eigenvalue weighted by molar-refractivity contribution is 7.84. The molecular formula is C3H6N2O6S2. The van der Waals surface area contributed by atoms with E-state index in [1.807, 2.05) is 0 Å². The van der Waals surface area contributed by atoms with Crippen LogP contribution in [0.15, 0.2) is 12.4 Å². The third-order valence-corrected chi connectivity index (χ3v) is 2.93. The predicted octanol–water partition coefficient (Wildman–Crippen LogP) is -1.36. The Bertz CT molecular complexity index is 381. The maximum atomic E-state index is 10.4. The van der Waals surface area contributed by atoms with Crippen molar-refractivity contribution in [2.24, 2.45) is 0 Å². The molecule has 0 bridgehead atoms. The largest absolute Gasteiger partial charge is 0.361 e. The average Bonchev–Trinajstić information content (AvgIpc) is 2.28. The lowest BCUT2D eigenvalue weighted by molar-refractivity contribution is 0.356. The summed E-state index contributed by atoms with van der Waals surface area (Å²) in [6.07, 6.45) is 1.62. The number of rotatable bonds is 2. The summed E-state index contributed by atoms with van der Waals surface area (Å²) in [6.45, 7) is -0.669. The van der Waals surface area contributed by atoms with E-state index >= 15 is 0 Å². The Morgan fingerprint density at radius 2 is 1.23 bits per heavy atom. The first-order chi connectivity index (χ1) is 5.71. The number of hydrogen-bond donors (Lipinski definition) is 2. The van der Waals surface area contributed by atoms with Crippen LogP contribution in [0.25, 0.3) is 0 Å². The molecule has 0 aliphatic carbocycles. The molecule has 1 rings (SSSR count). The molecule has 0 unspecified atom stereocenters. The lowest BCUT2D eigenvalue weighted by Gasteiger charge is -2.14. The van der Waals surface area contributed by atoms with Crippen LogP contribution in [0.2, 0.25) is 0 Å². The minimum absolute atomic E-state index is 0.348.